The van der Waals surface area contributed by atoms with Gasteiger partial charge in [-0.2, -0.15) is 0 Å². The van der Waals surface area contributed by atoms with Crippen LogP contribution in [0.1, 0.15) is 6.42 Å². The van der Waals surface area contributed by atoms with Crippen LogP contribution >= 0.6 is 0 Å². The van der Waals surface area contributed by atoms with Gasteiger partial charge in [0.25, 0.3) is 0 Å². The molecule has 2 radical (unpaired) electrons. The van der Waals surface area contributed by atoms with E-state index in [1.807, 2.05) is 0 Å². The number of hydrogen-bond acceptors (Lipinski definition) is 2. The summed E-state index contributed by atoms with van der Waals surface area (Å²) in [5.74, 6) is -0.975. The van der Waals surface area contributed by atoms with E-state index in [2.05, 4.69) is 0 Å². The van der Waals surface area contributed by atoms with Crippen LogP contribution in [0.25, 0.3) is 0 Å². The van der Waals surface area contributed by atoms with Crippen molar-refractivity contribution < 1.29 is 14.6 Å². The Bertz CT molecular complexity index is 122. The van der Waals surface area contributed by atoms with Gasteiger partial charge in [-0.1, -0.05) is 0 Å². The molecule has 0 heterocycles. The molecule has 0 saturated heterocycles. The van der Waals surface area contributed by atoms with E-state index in [9.17, 15) is 4.39 Å². The molecule has 0 bridgehead atoms. The van der Waals surface area contributed by atoms with E-state index in [1.54, 1.807) is 0 Å². The molecule has 10 heavy (non-hydrogen) atoms. The maximum absolute atomic E-state index is 12.7. The summed E-state index contributed by atoms with van der Waals surface area (Å²) in [6.07, 6.45) is -2.06. The van der Waals surface area contributed by atoms with Crippen LogP contribution in [0, 0.1) is 5.92 Å². The summed E-state index contributed by atoms with van der Waals surface area (Å²) < 4.78 is 12.7. The van der Waals surface area contributed by atoms with Crippen molar-refractivity contribution in [2.75, 3.05) is 6.61 Å². The molecular weight excluding hydrogens is 134 g/mol. The largest absolute Gasteiger partial charge is 0.396 e. The first kappa shape index (κ1) is 8.02. The fourth-order valence-electron chi connectivity index (χ4n) is 1.31. The average molecular weight is 144 g/mol. The van der Waals surface area contributed by atoms with Gasteiger partial charge in [-0.05, 0) is 12.2 Å². The van der Waals surface area contributed by atoms with Gasteiger partial charge < -0.3 is 10.2 Å². The first-order valence-electron chi connectivity index (χ1n) is 3.35. The van der Waals surface area contributed by atoms with Crippen LogP contribution in [0.15, 0.2) is 0 Å². The summed E-state index contributed by atoms with van der Waals surface area (Å²) in [5, 5.41) is 17.6. The summed E-state index contributed by atoms with van der Waals surface area (Å²) in [4.78, 5) is 0. The van der Waals surface area contributed by atoms with Crippen LogP contribution in [0.5, 0.6) is 0 Å². The van der Waals surface area contributed by atoms with Crippen molar-refractivity contribution in [3.05, 3.63) is 0 Å². The molecule has 0 aromatic heterocycles. The predicted octanol–water partition coefficient (Wildman–Crippen LogP) is -0.345. The van der Waals surface area contributed by atoms with E-state index in [4.69, 9.17) is 18.1 Å². The van der Waals surface area contributed by atoms with E-state index in [1.165, 1.54) is 0 Å². The highest BCUT2D eigenvalue weighted by molar-refractivity contribution is 6.12. The van der Waals surface area contributed by atoms with Crippen LogP contribution < -0.4 is 0 Å². The van der Waals surface area contributed by atoms with E-state index in [-0.39, 0.29) is 12.5 Å². The fraction of sp³-hybridized carbons (Fsp3) is 1.00. The number of alkyl halides is 1. The van der Waals surface area contributed by atoms with Crippen LogP contribution in [-0.4, -0.2) is 36.9 Å². The topological polar surface area (TPSA) is 40.5 Å². The van der Waals surface area contributed by atoms with Crippen molar-refractivity contribution in [1.29, 1.82) is 0 Å². The van der Waals surface area contributed by atoms with Gasteiger partial charge in [-0.3, -0.25) is 0 Å². The third-order valence-electron chi connectivity index (χ3n) is 2.03. The quantitative estimate of drug-likeness (QED) is 0.494. The lowest BCUT2D eigenvalue weighted by molar-refractivity contribution is 0.0457. The molecule has 4 atom stereocenters. The third-order valence-corrected chi connectivity index (χ3v) is 2.03. The minimum absolute atomic E-state index is 0.185. The molecule has 1 fully saturated rings. The lowest BCUT2D eigenvalue weighted by Crippen LogP contribution is -2.25. The average Bonchev–Trinajstić information content (AvgIpc) is 2.17. The molecule has 0 spiro atoms. The smallest absolute Gasteiger partial charge is 0.121 e. The monoisotopic (exact) mass is 144 g/mol. The minimum atomic E-state index is -1.36. The molecule has 0 aliphatic heterocycles. The van der Waals surface area contributed by atoms with Gasteiger partial charge in [0.15, 0.2) is 0 Å². The first-order chi connectivity index (χ1) is 4.66. The molecule has 2 nitrogen and oxygen atoms in total. The zero-order valence-corrected chi connectivity index (χ0v) is 5.57. The Morgan fingerprint density at radius 3 is 2.40 bits per heavy atom. The van der Waals surface area contributed by atoms with Gasteiger partial charge in [0.05, 0.1) is 14.0 Å². The van der Waals surface area contributed by atoms with Crippen LogP contribution in [-0.2, 0) is 0 Å². The van der Waals surface area contributed by atoms with E-state index in [0.29, 0.717) is 6.42 Å². The molecule has 4 heteroatoms. The SMILES string of the molecule is [B]C1CC(CO)C(O)C1F. The lowest BCUT2D eigenvalue weighted by atomic mass is 9.84. The normalized spacial score (nSPS) is 47.9. The van der Waals surface area contributed by atoms with Gasteiger partial charge in [0, 0.05) is 12.5 Å². The number of aliphatic hydroxyl groups excluding tert-OH is 2. The number of aliphatic hydroxyl groups is 2. The summed E-state index contributed by atoms with van der Waals surface area (Å²) in [6.45, 7) is -0.185. The molecule has 1 rings (SSSR count). The second-order valence-electron chi connectivity index (χ2n) is 2.78. The zero-order chi connectivity index (χ0) is 7.72. The molecule has 0 aromatic rings. The lowest BCUT2D eigenvalue weighted by Gasteiger charge is -2.11. The Morgan fingerprint density at radius 2 is 2.20 bits per heavy atom. The molecule has 1 aliphatic carbocycles. The highest BCUT2D eigenvalue weighted by Gasteiger charge is 2.39. The zero-order valence-electron chi connectivity index (χ0n) is 5.57. The summed E-state index contributed by atoms with van der Waals surface area (Å²) in [5.41, 5.74) is 0. The Hall–Kier alpha value is -0.0851. The predicted molar refractivity (Wildman–Crippen MR) is 35.6 cm³/mol. The Balaban J connectivity index is 2.53. The molecule has 0 aromatic carbocycles. The second-order valence-corrected chi connectivity index (χ2v) is 2.78. The molecule has 2 N–H and O–H groups in total. The van der Waals surface area contributed by atoms with Gasteiger partial charge in [-0.15, -0.1) is 0 Å². The summed E-state index contributed by atoms with van der Waals surface area (Å²) >= 11 is 0. The van der Waals surface area contributed by atoms with Crippen molar-refractivity contribution >= 4 is 7.85 Å². The van der Waals surface area contributed by atoms with Crippen LogP contribution in [0.3, 0.4) is 0 Å². The third kappa shape index (κ3) is 1.18. The van der Waals surface area contributed by atoms with Crippen molar-refractivity contribution in [3.63, 3.8) is 0 Å². The Kier molecular flexibility index (Phi) is 2.31. The Morgan fingerprint density at radius 1 is 1.60 bits per heavy atom. The van der Waals surface area contributed by atoms with E-state index < -0.39 is 18.1 Å². The van der Waals surface area contributed by atoms with Gasteiger partial charge in [-0.25, -0.2) is 4.39 Å². The maximum Gasteiger partial charge on any atom is 0.121 e. The molecule has 0 amide bonds. The van der Waals surface area contributed by atoms with E-state index >= 15 is 0 Å². The van der Waals surface area contributed by atoms with Gasteiger partial charge >= 0.3 is 0 Å². The molecule has 1 saturated carbocycles. The fourth-order valence-corrected chi connectivity index (χ4v) is 1.31. The van der Waals surface area contributed by atoms with Crippen molar-refractivity contribution in [2.24, 2.45) is 5.92 Å². The Labute approximate surface area is 60.5 Å². The highest BCUT2D eigenvalue weighted by Crippen LogP contribution is 2.35. The number of rotatable bonds is 1. The van der Waals surface area contributed by atoms with Gasteiger partial charge in [0.2, 0.25) is 0 Å². The van der Waals surface area contributed by atoms with Crippen LogP contribution in [0.4, 0.5) is 4.39 Å². The first-order valence-corrected chi connectivity index (χ1v) is 3.35. The second kappa shape index (κ2) is 2.88. The summed E-state index contributed by atoms with van der Waals surface area (Å²) in [6, 6.07) is 0. The van der Waals surface area contributed by atoms with E-state index in [0.717, 1.165) is 0 Å². The standard InChI is InChI=1S/C6H10BFO2/c7-4-1-3(2-9)6(10)5(4)8/h3-6,9-10H,1-2H2. The highest BCUT2D eigenvalue weighted by atomic mass is 19.1. The summed E-state index contributed by atoms with van der Waals surface area (Å²) in [7, 11) is 5.29. The van der Waals surface area contributed by atoms with Crippen molar-refractivity contribution in [2.45, 2.75) is 24.5 Å². The maximum atomic E-state index is 12.7. The molecule has 4 unspecified atom stereocenters. The van der Waals surface area contributed by atoms with Crippen molar-refractivity contribution in [1.82, 2.24) is 0 Å². The number of hydrogen-bond donors (Lipinski definition) is 2. The minimum Gasteiger partial charge on any atom is -0.396 e. The molecule has 56 valence electrons. The molecular formula is C6H10BFO2. The molecule has 1 aliphatic rings. The number of halogens is 1. The van der Waals surface area contributed by atoms with Crippen LogP contribution in [0.2, 0.25) is 5.82 Å². The van der Waals surface area contributed by atoms with Crippen molar-refractivity contribution in [3.8, 4) is 0 Å². The van der Waals surface area contributed by atoms with Gasteiger partial charge in [0.1, 0.15) is 6.17 Å².